The van der Waals surface area contributed by atoms with Crippen molar-refractivity contribution in [3.8, 4) is 5.75 Å². The molecule has 0 radical (unpaired) electrons. The van der Waals surface area contributed by atoms with Gasteiger partial charge in [0.25, 0.3) is 11.8 Å². The second kappa shape index (κ2) is 7.93. The molecule has 1 saturated heterocycles. The van der Waals surface area contributed by atoms with Crippen LogP contribution >= 0.6 is 0 Å². The number of imide groups is 2. The highest BCUT2D eigenvalue weighted by Gasteiger charge is 2.37. The number of phenols is 1. The summed E-state index contributed by atoms with van der Waals surface area (Å²) >= 11 is 0. The van der Waals surface area contributed by atoms with Gasteiger partial charge in [0.1, 0.15) is 11.3 Å². The van der Waals surface area contributed by atoms with Crippen LogP contribution in [0.3, 0.4) is 0 Å². The number of aryl methyl sites for hydroxylation is 1. The molecule has 4 amide bonds. The second-order valence-electron chi connectivity index (χ2n) is 10.2. The van der Waals surface area contributed by atoms with Crippen LogP contribution in [0.4, 0.5) is 10.5 Å². The Morgan fingerprint density at radius 1 is 0.906 bits per heavy atom. The molecule has 0 saturated carbocycles. The van der Waals surface area contributed by atoms with Crippen LogP contribution in [-0.4, -0.2) is 23.0 Å². The zero-order chi connectivity index (χ0) is 24.0. The lowest BCUT2D eigenvalue weighted by Gasteiger charge is -2.29. The topological polar surface area (TPSA) is 86.7 Å². The van der Waals surface area contributed by atoms with Crippen molar-refractivity contribution in [2.45, 2.75) is 59.3 Å². The Labute approximate surface area is 188 Å². The SMILES string of the molecule is Cc1ccccc1N1C(=O)NC(=O)C(=Cc2cc(C(C)(C)C)c(O)c(C(C)(C)C)c2)C1=O. The van der Waals surface area contributed by atoms with Crippen molar-refractivity contribution < 1.29 is 19.5 Å². The van der Waals surface area contributed by atoms with Gasteiger partial charge in [-0.15, -0.1) is 0 Å². The van der Waals surface area contributed by atoms with E-state index in [0.29, 0.717) is 22.4 Å². The molecule has 3 rings (SSSR count). The molecule has 0 spiro atoms. The fourth-order valence-electron chi connectivity index (χ4n) is 3.74. The number of hydrogen-bond donors (Lipinski definition) is 2. The monoisotopic (exact) mass is 434 g/mol. The molecule has 6 heteroatoms. The van der Waals surface area contributed by atoms with Crippen LogP contribution in [0.25, 0.3) is 6.08 Å². The lowest BCUT2D eigenvalue weighted by atomic mass is 9.78. The van der Waals surface area contributed by atoms with Gasteiger partial charge in [-0.1, -0.05) is 59.7 Å². The molecule has 0 unspecified atom stereocenters. The highest BCUT2D eigenvalue weighted by Crippen LogP contribution is 2.40. The molecule has 2 aromatic carbocycles. The van der Waals surface area contributed by atoms with Gasteiger partial charge in [0, 0.05) is 11.1 Å². The van der Waals surface area contributed by atoms with Crippen molar-refractivity contribution in [3.05, 3.63) is 64.2 Å². The number of amides is 4. The van der Waals surface area contributed by atoms with Gasteiger partial charge in [0.05, 0.1) is 5.69 Å². The minimum atomic E-state index is -0.775. The minimum Gasteiger partial charge on any atom is -0.507 e. The number of para-hydroxylation sites is 1. The van der Waals surface area contributed by atoms with Gasteiger partial charge in [0.2, 0.25) is 0 Å². The first-order valence-corrected chi connectivity index (χ1v) is 10.6. The Bertz CT molecular complexity index is 1110. The summed E-state index contributed by atoms with van der Waals surface area (Å²) in [7, 11) is 0. The summed E-state index contributed by atoms with van der Waals surface area (Å²) in [6.45, 7) is 13.7. The Hall–Kier alpha value is -3.41. The molecule has 1 aliphatic heterocycles. The number of anilines is 1. The molecule has 32 heavy (non-hydrogen) atoms. The summed E-state index contributed by atoms with van der Waals surface area (Å²) in [5.41, 5.74) is 2.33. The molecule has 1 fully saturated rings. The van der Waals surface area contributed by atoms with Crippen LogP contribution in [0.1, 0.15) is 63.8 Å². The van der Waals surface area contributed by atoms with Crippen molar-refractivity contribution in [2.24, 2.45) is 0 Å². The number of phenolic OH excluding ortho intramolecular Hbond substituents is 1. The van der Waals surface area contributed by atoms with Gasteiger partial charge in [0.15, 0.2) is 0 Å². The van der Waals surface area contributed by atoms with E-state index in [1.807, 2.05) is 47.6 Å². The molecular formula is C26H30N2O4. The number of urea groups is 1. The molecule has 0 aromatic heterocycles. The molecule has 1 heterocycles. The highest BCUT2D eigenvalue weighted by atomic mass is 16.3. The number of hydrogen-bond acceptors (Lipinski definition) is 4. The minimum absolute atomic E-state index is 0.140. The summed E-state index contributed by atoms with van der Waals surface area (Å²) in [5.74, 6) is -1.22. The number of barbiturate groups is 1. The van der Waals surface area contributed by atoms with Crippen molar-refractivity contribution in [1.29, 1.82) is 0 Å². The molecule has 0 aliphatic carbocycles. The van der Waals surface area contributed by atoms with E-state index in [1.54, 1.807) is 37.3 Å². The predicted molar refractivity (Wildman–Crippen MR) is 126 cm³/mol. The van der Waals surface area contributed by atoms with E-state index in [4.69, 9.17) is 0 Å². The lowest BCUT2D eigenvalue weighted by Crippen LogP contribution is -2.54. The quantitative estimate of drug-likeness (QED) is 0.517. The number of aromatic hydroxyl groups is 1. The number of rotatable bonds is 2. The Balaban J connectivity index is 2.18. The molecule has 2 aromatic rings. The molecule has 0 atom stereocenters. The average Bonchev–Trinajstić information content (AvgIpc) is 2.65. The Kier molecular flexibility index (Phi) is 5.77. The third-order valence-corrected chi connectivity index (χ3v) is 5.52. The first kappa shape index (κ1) is 23.3. The van der Waals surface area contributed by atoms with Crippen LogP contribution in [0.5, 0.6) is 5.75 Å². The van der Waals surface area contributed by atoms with Crippen LogP contribution < -0.4 is 10.2 Å². The third-order valence-electron chi connectivity index (χ3n) is 5.52. The summed E-state index contributed by atoms with van der Waals surface area (Å²) in [6, 6.07) is 9.79. The number of nitrogens with one attached hydrogen (secondary N) is 1. The Morgan fingerprint density at radius 2 is 1.44 bits per heavy atom. The highest BCUT2D eigenvalue weighted by molar-refractivity contribution is 6.39. The summed E-state index contributed by atoms with van der Waals surface area (Å²) in [6.07, 6.45) is 1.49. The van der Waals surface area contributed by atoms with E-state index < -0.39 is 17.8 Å². The summed E-state index contributed by atoms with van der Waals surface area (Å²) < 4.78 is 0. The summed E-state index contributed by atoms with van der Waals surface area (Å²) in [5, 5.41) is 13.2. The van der Waals surface area contributed by atoms with E-state index in [-0.39, 0.29) is 22.2 Å². The van der Waals surface area contributed by atoms with Crippen molar-refractivity contribution >= 4 is 29.6 Å². The first-order chi connectivity index (χ1) is 14.7. The number of carbonyl (C=O) groups is 3. The van der Waals surface area contributed by atoms with Crippen molar-refractivity contribution in [2.75, 3.05) is 4.90 Å². The van der Waals surface area contributed by atoms with Crippen LogP contribution in [-0.2, 0) is 20.4 Å². The summed E-state index contributed by atoms with van der Waals surface area (Å²) in [4.78, 5) is 39.4. The second-order valence-corrected chi connectivity index (χ2v) is 10.2. The molecule has 6 nitrogen and oxygen atoms in total. The Morgan fingerprint density at radius 3 is 1.94 bits per heavy atom. The number of nitrogens with zero attached hydrogens (tertiary/aromatic N) is 1. The first-order valence-electron chi connectivity index (χ1n) is 10.6. The van der Waals surface area contributed by atoms with Gasteiger partial charge < -0.3 is 5.11 Å². The van der Waals surface area contributed by atoms with Crippen molar-refractivity contribution in [3.63, 3.8) is 0 Å². The maximum absolute atomic E-state index is 13.3. The standard InChI is InChI=1S/C26H30N2O4/c1-15-10-8-9-11-20(15)28-23(31)17(22(30)27-24(28)32)12-16-13-18(25(2,3)4)21(29)19(14-16)26(5,6)7/h8-14,29H,1-7H3,(H,27,30,32). The van der Waals surface area contributed by atoms with Crippen molar-refractivity contribution in [1.82, 2.24) is 5.32 Å². The van der Waals surface area contributed by atoms with Gasteiger partial charge in [-0.2, -0.15) is 0 Å². The largest absolute Gasteiger partial charge is 0.507 e. The van der Waals surface area contributed by atoms with Gasteiger partial charge in [-0.25, -0.2) is 9.69 Å². The smallest absolute Gasteiger partial charge is 0.335 e. The molecule has 2 N–H and O–H groups in total. The number of benzene rings is 2. The molecule has 0 bridgehead atoms. The fraction of sp³-hybridized carbons (Fsp3) is 0.346. The van der Waals surface area contributed by atoms with E-state index in [1.165, 1.54) is 6.08 Å². The lowest BCUT2D eigenvalue weighted by molar-refractivity contribution is -0.122. The maximum atomic E-state index is 13.3. The van der Waals surface area contributed by atoms with Gasteiger partial charge >= 0.3 is 6.03 Å². The third kappa shape index (κ3) is 4.31. The normalized spacial score (nSPS) is 16.5. The fourth-order valence-corrected chi connectivity index (χ4v) is 3.74. The van der Waals surface area contributed by atoms with E-state index in [2.05, 4.69) is 5.32 Å². The molecular weight excluding hydrogens is 404 g/mol. The van der Waals surface area contributed by atoms with Crippen LogP contribution in [0, 0.1) is 6.92 Å². The van der Waals surface area contributed by atoms with Gasteiger partial charge in [-0.3, -0.25) is 14.9 Å². The zero-order valence-corrected chi connectivity index (χ0v) is 19.7. The van der Waals surface area contributed by atoms with E-state index in [0.717, 1.165) is 10.5 Å². The predicted octanol–water partition coefficient (Wildman–Crippen LogP) is 4.96. The molecule has 168 valence electrons. The average molecular weight is 435 g/mol. The van der Waals surface area contributed by atoms with Crippen LogP contribution in [0.15, 0.2) is 42.0 Å². The maximum Gasteiger partial charge on any atom is 0.335 e. The zero-order valence-electron chi connectivity index (χ0n) is 19.7. The van der Waals surface area contributed by atoms with Gasteiger partial charge in [-0.05, 0) is 53.2 Å². The molecule has 1 aliphatic rings. The number of carbonyl (C=O) groups excluding carboxylic acids is 3. The van der Waals surface area contributed by atoms with Crippen LogP contribution in [0.2, 0.25) is 0 Å². The van der Waals surface area contributed by atoms with E-state index in [9.17, 15) is 19.5 Å². The van der Waals surface area contributed by atoms with E-state index >= 15 is 0 Å².